The van der Waals surface area contributed by atoms with Gasteiger partial charge in [0.15, 0.2) is 11.6 Å². The van der Waals surface area contributed by atoms with Crippen LogP contribution < -0.4 is 10.2 Å². The van der Waals surface area contributed by atoms with Gasteiger partial charge in [-0.15, -0.1) is 0 Å². The third-order valence-corrected chi connectivity index (χ3v) is 5.40. The van der Waals surface area contributed by atoms with Gasteiger partial charge < -0.3 is 14.8 Å². The number of halogens is 2. The minimum absolute atomic E-state index is 0.240. The van der Waals surface area contributed by atoms with E-state index < -0.39 is 29.4 Å². The van der Waals surface area contributed by atoms with Crippen molar-refractivity contribution >= 4 is 23.2 Å². The van der Waals surface area contributed by atoms with Gasteiger partial charge in [-0.25, -0.2) is 13.8 Å². The zero-order chi connectivity index (χ0) is 21.4. The van der Waals surface area contributed by atoms with E-state index >= 15 is 0 Å². The lowest BCUT2D eigenvalue weighted by Crippen LogP contribution is -2.33. The third-order valence-electron chi connectivity index (χ3n) is 5.40. The number of rotatable bonds is 4. The van der Waals surface area contributed by atoms with Crippen molar-refractivity contribution < 1.29 is 18.4 Å². The molecule has 0 bridgehead atoms. The second-order valence-electron chi connectivity index (χ2n) is 7.25. The van der Waals surface area contributed by atoms with E-state index in [1.807, 2.05) is 30.5 Å². The van der Waals surface area contributed by atoms with Gasteiger partial charge in [-0.1, -0.05) is 0 Å². The Balaban J connectivity index is 1.44. The number of carbonyl (C=O) groups is 2. The molecule has 1 aliphatic rings. The van der Waals surface area contributed by atoms with Gasteiger partial charge in [0.1, 0.15) is 5.92 Å². The van der Waals surface area contributed by atoms with Crippen LogP contribution in [0.15, 0.2) is 48.8 Å². The highest BCUT2D eigenvalue weighted by molar-refractivity contribution is 6.13. The van der Waals surface area contributed by atoms with Crippen LogP contribution in [0.4, 0.5) is 20.2 Å². The van der Waals surface area contributed by atoms with E-state index in [0.717, 1.165) is 29.2 Å². The molecule has 1 fully saturated rings. The van der Waals surface area contributed by atoms with Crippen LogP contribution in [-0.4, -0.2) is 27.9 Å². The number of carbonyl (C=O) groups excluding carboxylic acids is 2. The van der Waals surface area contributed by atoms with E-state index in [1.54, 1.807) is 18.5 Å². The largest absolute Gasteiger partial charge is 0.325 e. The lowest BCUT2D eigenvalue weighted by molar-refractivity contribution is -0.129. The highest BCUT2D eigenvalue weighted by Gasteiger charge is 2.37. The lowest BCUT2D eigenvalue weighted by atomic mass is 10.1. The molecule has 1 aliphatic heterocycles. The Kier molecular flexibility index (Phi) is 5.07. The van der Waals surface area contributed by atoms with Crippen LogP contribution >= 0.6 is 0 Å². The molecule has 6 nitrogen and oxygen atoms in total. The average Bonchev–Trinajstić information content (AvgIpc) is 3.27. The van der Waals surface area contributed by atoms with E-state index in [9.17, 15) is 18.4 Å². The average molecular weight is 410 g/mol. The summed E-state index contributed by atoms with van der Waals surface area (Å²) in [6.45, 7) is 4.17. The number of anilines is 2. The monoisotopic (exact) mass is 410 g/mol. The number of benzene rings is 2. The molecule has 3 aromatic rings. The number of imidazole rings is 1. The van der Waals surface area contributed by atoms with Gasteiger partial charge in [-0.2, -0.15) is 0 Å². The summed E-state index contributed by atoms with van der Waals surface area (Å²) in [7, 11) is 0. The minimum atomic E-state index is -1.03. The molecule has 8 heteroatoms. The molecule has 1 saturated heterocycles. The van der Waals surface area contributed by atoms with Crippen molar-refractivity contribution in [2.24, 2.45) is 5.92 Å². The van der Waals surface area contributed by atoms with Crippen molar-refractivity contribution in [3.8, 4) is 5.69 Å². The molecule has 154 valence electrons. The molecule has 30 heavy (non-hydrogen) atoms. The maximum atomic E-state index is 13.5. The fourth-order valence-corrected chi connectivity index (χ4v) is 3.53. The molecule has 0 aliphatic carbocycles. The molecule has 0 saturated carbocycles. The highest BCUT2D eigenvalue weighted by atomic mass is 19.2. The standard InChI is InChI=1S/C22H20F2N4O2/c1-13-14(2)28(12-25-13)16-5-3-15(4-6-16)26-21(29)18-9-10-27(22(18)30)17-7-8-19(23)20(24)11-17/h3-8,11-12,18H,9-10H2,1-2H3,(H,26,29). The molecule has 1 aromatic heterocycles. The quantitative estimate of drug-likeness (QED) is 0.666. The molecule has 0 radical (unpaired) electrons. The Hall–Kier alpha value is -3.55. The molecular weight excluding hydrogens is 390 g/mol. The summed E-state index contributed by atoms with van der Waals surface area (Å²) in [5.74, 6) is -3.75. The highest BCUT2D eigenvalue weighted by Crippen LogP contribution is 2.27. The summed E-state index contributed by atoms with van der Waals surface area (Å²) in [5, 5.41) is 2.76. The maximum absolute atomic E-state index is 13.5. The smallest absolute Gasteiger partial charge is 0.239 e. The van der Waals surface area contributed by atoms with Crippen molar-refractivity contribution in [3.05, 3.63) is 71.8 Å². The Morgan fingerprint density at radius 3 is 2.40 bits per heavy atom. The third kappa shape index (κ3) is 3.56. The van der Waals surface area contributed by atoms with E-state index in [0.29, 0.717) is 12.1 Å². The van der Waals surface area contributed by atoms with Gasteiger partial charge in [-0.3, -0.25) is 9.59 Å². The summed E-state index contributed by atoms with van der Waals surface area (Å²) in [6.07, 6.45) is 2.04. The van der Waals surface area contributed by atoms with Crippen molar-refractivity contribution in [2.45, 2.75) is 20.3 Å². The molecule has 2 aromatic carbocycles. The number of nitrogens with one attached hydrogen (secondary N) is 1. The predicted molar refractivity (Wildman–Crippen MR) is 108 cm³/mol. The van der Waals surface area contributed by atoms with Crippen LogP contribution in [0.1, 0.15) is 17.8 Å². The molecule has 0 spiro atoms. The second-order valence-corrected chi connectivity index (χ2v) is 7.25. The molecule has 4 rings (SSSR count). The van der Waals surface area contributed by atoms with Crippen molar-refractivity contribution in [1.82, 2.24) is 9.55 Å². The molecule has 2 heterocycles. The first-order valence-electron chi connectivity index (χ1n) is 9.53. The summed E-state index contributed by atoms with van der Waals surface area (Å²) in [4.78, 5) is 30.9. The Morgan fingerprint density at radius 1 is 1.07 bits per heavy atom. The van der Waals surface area contributed by atoms with Gasteiger partial charge in [0, 0.05) is 35.4 Å². The van der Waals surface area contributed by atoms with Crippen molar-refractivity contribution in [1.29, 1.82) is 0 Å². The Morgan fingerprint density at radius 2 is 1.77 bits per heavy atom. The summed E-state index contributed by atoms with van der Waals surface area (Å²) < 4.78 is 28.6. The Labute approximate surface area is 172 Å². The first kappa shape index (κ1) is 19.8. The van der Waals surface area contributed by atoms with Crippen LogP contribution in [0, 0.1) is 31.4 Å². The van der Waals surface area contributed by atoms with Gasteiger partial charge in [0.2, 0.25) is 11.8 Å². The maximum Gasteiger partial charge on any atom is 0.239 e. The summed E-state index contributed by atoms with van der Waals surface area (Å²) in [6, 6.07) is 10.5. The number of amides is 2. The second kappa shape index (κ2) is 7.70. The summed E-state index contributed by atoms with van der Waals surface area (Å²) in [5.41, 5.74) is 3.69. The summed E-state index contributed by atoms with van der Waals surface area (Å²) >= 11 is 0. The van der Waals surface area contributed by atoms with E-state index in [-0.39, 0.29) is 12.2 Å². The van der Waals surface area contributed by atoms with Crippen LogP contribution in [0.5, 0.6) is 0 Å². The zero-order valence-electron chi connectivity index (χ0n) is 16.5. The van der Waals surface area contributed by atoms with E-state index in [1.165, 1.54) is 11.0 Å². The fourth-order valence-electron chi connectivity index (χ4n) is 3.53. The lowest BCUT2D eigenvalue weighted by Gasteiger charge is -2.17. The first-order valence-corrected chi connectivity index (χ1v) is 9.53. The van der Waals surface area contributed by atoms with Crippen LogP contribution in [0.2, 0.25) is 0 Å². The van der Waals surface area contributed by atoms with Gasteiger partial charge in [0.05, 0.1) is 12.0 Å². The number of aryl methyl sites for hydroxylation is 1. The number of hydrogen-bond donors (Lipinski definition) is 1. The molecule has 2 amide bonds. The molecule has 1 N–H and O–H groups in total. The number of aromatic nitrogens is 2. The molecular formula is C22H20F2N4O2. The SMILES string of the molecule is Cc1ncn(-c2ccc(NC(=O)C3CCN(c4ccc(F)c(F)c4)C3=O)cc2)c1C. The molecule has 1 unspecified atom stereocenters. The van der Waals surface area contributed by atoms with E-state index in [4.69, 9.17) is 0 Å². The van der Waals surface area contributed by atoms with Crippen LogP contribution in [0.3, 0.4) is 0 Å². The van der Waals surface area contributed by atoms with Crippen molar-refractivity contribution in [3.63, 3.8) is 0 Å². The number of nitrogens with zero attached hydrogens (tertiary/aromatic N) is 3. The normalized spacial score (nSPS) is 16.2. The molecule has 1 atom stereocenters. The van der Waals surface area contributed by atoms with Gasteiger partial charge in [0.25, 0.3) is 0 Å². The van der Waals surface area contributed by atoms with Gasteiger partial charge in [-0.05, 0) is 56.7 Å². The van der Waals surface area contributed by atoms with Gasteiger partial charge >= 0.3 is 0 Å². The topological polar surface area (TPSA) is 67.2 Å². The first-order chi connectivity index (χ1) is 14.3. The fraction of sp³-hybridized carbons (Fsp3) is 0.227. The van der Waals surface area contributed by atoms with Crippen LogP contribution in [-0.2, 0) is 9.59 Å². The minimum Gasteiger partial charge on any atom is -0.325 e. The van der Waals surface area contributed by atoms with E-state index in [2.05, 4.69) is 10.3 Å². The van der Waals surface area contributed by atoms with Crippen molar-refractivity contribution in [2.75, 3.05) is 16.8 Å². The van der Waals surface area contributed by atoms with Crippen LogP contribution in [0.25, 0.3) is 5.69 Å². The zero-order valence-corrected chi connectivity index (χ0v) is 16.5. The number of hydrogen-bond acceptors (Lipinski definition) is 3. The predicted octanol–water partition coefficient (Wildman–Crippen LogP) is 3.76. The Bertz CT molecular complexity index is 1120.